The van der Waals surface area contributed by atoms with Gasteiger partial charge in [-0.3, -0.25) is 0 Å². The van der Waals surface area contributed by atoms with Crippen LogP contribution in [0.3, 0.4) is 0 Å². The second-order valence-electron chi connectivity index (χ2n) is 2.41. The Morgan fingerprint density at radius 3 is 1.35 bits per heavy atom. The Morgan fingerprint density at radius 2 is 1.15 bits per heavy atom. The van der Waals surface area contributed by atoms with Crippen LogP contribution >= 0.6 is 0 Å². The van der Waals surface area contributed by atoms with E-state index >= 15 is 0 Å². The molecule has 0 saturated carbocycles. The summed E-state index contributed by atoms with van der Waals surface area (Å²) in [5.41, 5.74) is 1.35. The molecular formula is C13H14CrO6. The molecule has 6 nitrogen and oxygen atoms in total. The molecule has 0 unspecified atom stereocenters. The van der Waals surface area contributed by atoms with Gasteiger partial charge in [-0.2, -0.15) is 0 Å². The average Bonchev–Trinajstić information content (AvgIpc) is 2.53. The van der Waals surface area contributed by atoms with Gasteiger partial charge in [0.05, 0.1) is 0 Å². The van der Waals surface area contributed by atoms with Crippen LogP contribution in [0, 0.1) is 33.3 Å². The first-order chi connectivity index (χ1) is 9.63. The summed E-state index contributed by atoms with van der Waals surface area (Å²) < 4.78 is 43.6. The Bertz CT molecular complexity index is 270. The van der Waals surface area contributed by atoms with Crippen molar-refractivity contribution in [3.8, 4) is 0 Å². The van der Waals surface area contributed by atoms with E-state index in [1.54, 1.807) is 0 Å². The molecule has 0 atom stereocenters. The Balaban J connectivity index is -0.0000000412. The summed E-state index contributed by atoms with van der Waals surface area (Å²) in [6, 6.07) is 0. The molecule has 0 aliphatic carbocycles. The van der Waals surface area contributed by atoms with Gasteiger partial charge in [0.25, 0.3) is 0 Å². The molecule has 0 bridgehead atoms. The Labute approximate surface area is 127 Å². The maximum absolute atomic E-state index is 7.50. The van der Waals surface area contributed by atoms with Gasteiger partial charge in [0.2, 0.25) is 0 Å². The number of rotatable bonds is 4. The molecule has 0 rings (SSSR count). The van der Waals surface area contributed by atoms with Gasteiger partial charge in [-0.1, -0.05) is 0 Å². The Kier molecular flexibility index (Phi) is 118. The number of hydrogen-bond donors (Lipinski definition) is 0. The van der Waals surface area contributed by atoms with Crippen LogP contribution in [0.15, 0.2) is 11.6 Å². The van der Waals surface area contributed by atoms with E-state index < -0.39 is 0 Å². The van der Waals surface area contributed by atoms with Crippen molar-refractivity contribution < 1.29 is 43.8 Å². The van der Waals surface area contributed by atoms with Crippen molar-refractivity contribution in [2.45, 2.75) is 27.2 Å². The normalized spacial score (nSPS) is 5.05. The average molecular weight is 318 g/mol. The van der Waals surface area contributed by atoms with Crippen LogP contribution in [0.4, 0.5) is 0 Å². The molecule has 0 amide bonds. The summed E-state index contributed by atoms with van der Waals surface area (Å²) in [7, 11) is 0. The van der Waals surface area contributed by atoms with Crippen molar-refractivity contribution in [3.05, 3.63) is 44.9 Å². The molecule has 0 heterocycles. The second-order valence-corrected chi connectivity index (χ2v) is 3.31. The van der Waals surface area contributed by atoms with Crippen molar-refractivity contribution in [2.75, 3.05) is 6.61 Å². The summed E-state index contributed by atoms with van der Waals surface area (Å²) in [6.07, 6.45) is 3.17. The summed E-state index contributed by atoms with van der Waals surface area (Å²) in [5, 5.41) is 0. The van der Waals surface area contributed by atoms with Gasteiger partial charge < -0.3 is 0 Å². The zero-order valence-electron chi connectivity index (χ0n) is 11.3. The van der Waals surface area contributed by atoms with E-state index in [9.17, 15) is 0 Å². The van der Waals surface area contributed by atoms with E-state index in [1.165, 1.54) is 5.57 Å². The van der Waals surface area contributed by atoms with Gasteiger partial charge in [0, 0.05) is 0 Å². The predicted octanol–water partition coefficient (Wildman–Crippen LogP) is 1.87. The fourth-order valence-corrected chi connectivity index (χ4v) is 0.680. The zero-order valence-corrected chi connectivity index (χ0v) is 12.6. The van der Waals surface area contributed by atoms with Gasteiger partial charge >= 0.3 is 127 Å². The number of allylic oxidation sites excluding steroid dienone is 1. The van der Waals surface area contributed by atoms with Crippen molar-refractivity contribution in [1.82, 2.24) is 0 Å². The first-order valence-corrected chi connectivity index (χ1v) is 5.05. The topological polar surface area (TPSA) is 109 Å². The summed E-state index contributed by atoms with van der Waals surface area (Å²) in [5.74, 6) is 0. The monoisotopic (exact) mass is 318 g/mol. The maximum atomic E-state index is 7.50. The van der Waals surface area contributed by atoms with E-state index in [0.29, 0.717) is 0 Å². The first-order valence-electron chi connectivity index (χ1n) is 4.41. The molecule has 108 valence electrons. The molecule has 0 N–H and O–H groups in total. The molecule has 7 heteroatoms. The molecule has 0 spiro atoms. The quantitative estimate of drug-likeness (QED) is 0.335. The van der Waals surface area contributed by atoms with Gasteiger partial charge in [-0.05, 0) is 0 Å². The van der Waals surface area contributed by atoms with Gasteiger partial charge in [-0.25, -0.2) is 0 Å². The summed E-state index contributed by atoms with van der Waals surface area (Å²) >= 11 is 2.80. The summed E-state index contributed by atoms with van der Waals surface area (Å²) in [4.78, 5) is 0. The SMILES string of the molecule is C[C](=[Cr])OCCC=C(C)C.[C-]#[O+].[C-]#[O+].[C-]#[O+].[C-]#[O+].[C-]#[O+]. The fourth-order valence-electron chi connectivity index (χ4n) is 0.550. The first kappa shape index (κ1) is 36.4. The molecule has 20 heavy (non-hydrogen) atoms. The van der Waals surface area contributed by atoms with E-state index in [-0.39, 0.29) is 0 Å². The third-order valence-electron chi connectivity index (χ3n) is 0.976. The van der Waals surface area contributed by atoms with Crippen LogP contribution in [-0.4, -0.2) is 11.2 Å². The van der Waals surface area contributed by atoms with E-state index in [4.69, 9.17) is 28.0 Å². The number of ether oxygens (including phenoxy) is 1. The van der Waals surface area contributed by atoms with Crippen molar-refractivity contribution in [3.63, 3.8) is 0 Å². The van der Waals surface area contributed by atoms with Crippen molar-refractivity contribution >= 4 is 4.57 Å². The molecule has 0 aliphatic heterocycles. The minimum atomic E-state index is 0.782. The zero-order chi connectivity index (χ0) is 18.0. The van der Waals surface area contributed by atoms with Gasteiger partial charge in [-0.15, -0.1) is 0 Å². The number of hydrogen-bond acceptors (Lipinski definition) is 1. The van der Waals surface area contributed by atoms with Gasteiger partial charge in [0.15, 0.2) is 0 Å². The minimum absolute atomic E-state index is 0.782. The molecule has 0 aliphatic rings. The van der Waals surface area contributed by atoms with Crippen LogP contribution < -0.4 is 0 Å². The van der Waals surface area contributed by atoms with Crippen LogP contribution in [0.25, 0.3) is 0 Å². The van der Waals surface area contributed by atoms with Crippen LogP contribution in [0.2, 0.25) is 0 Å². The van der Waals surface area contributed by atoms with Crippen LogP contribution in [0.1, 0.15) is 27.2 Å². The van der Waals surface area contributed by atoms with Crippen molar-refractivity contribution in [2.24, 2.45) is 0 Å². The van der Waals surface area contributed by atoms with E-state index in [1.807, 2.05) is 6.92 Å². The molecule has 0 aromatic rings. The molecule has 0 radical (unpaired) electrons. The standard InChI is InChI=1S/C8H14O.5CO.Cr/c1-4-9-7-5-6-8(2)3;5*1-2;/h6H,5,7H2,1-3H3;;;;;;. The molecule has 0 fully saturated rings. The van der Waals surface area contributed by atoms with E-state index in [2.05, 4.69) is 69.0 Å². The Morgan fingerprint density at radius 1 is 0.850 bits per heavy atom. The predicted molar refractivity (Wildman–Crippen MR) is 60.3 cm³/mol. The van der Waals surface area contributed by atoms with Gasteiger partial charge in [0.1, 0.15) is 0 Å². The third-order valence-corrected chi connectivity index (χ3v) is 1.16. The Hall–Kier alpha value is -1.20. The van der Waals surface area contributed by atoms with Crippen LogP contribution in [0.5, 0.6) is 0 Å². The summed E-state index contributed by atoms with van der Waals surface area (Å²) in [6.45, 7) is 29.4. The van der Waals surface area contributed by atoms with Crippen LogP contribution in [-0.2, 0) is 43.8 Å². The molecule has 0 saturated heterocycles. The van der Waals surface area contributed by atoms with E-state index in [0.717, 1.165) is 17.6 Å². The second kappa shape index (κ2) is 64.9. The molecule has 0 aromatic carbocycles. The molecular weight excluding hydrogens is 304 g/mol. The molecule has 0 aromatic heterocycles. The fraction of sp³-hybridized carbons (Fsp3) is 0.385. The van der Waals surface area contributed by atoms with Crippen molar-refractivity contribution in [1.29, 1.82) is 0 Å². The third kappa shape index (κ3) is 125.